The maximum atomic E-state index is 12.5. The zero-order valence-corrected chi connectivity index (χ0v) is 13.0. The molecule has 4 nitrogen and oxygen atoms in total. The van der Waals surface area contributed by atoms with Gasteiger partial charge in [-0.25, -0.2) is 0 Å². The van der Waals surface area contributed by atoms with Crippen LogP contribution in [0.25, 0.3) is 10.1 Å². The second kappa shape index (κ2) is 6.72. The molecular formula is C16H19NO3S. The molecule has 1 unspecified atom stereocenters. The van der Waals surface area contributed by atoms with E-state index in [4.69, 9.17) is 5.11 Å². The first kappa shape index (κ1) is 15.5. The SMILES string of the molecule is CCC(C)N(CC(=O)O)C(=O)Cc1csc2ccccc12. The Morgan fingerprint density at radius 1 is 1.33 bits per heavy atom. The van der Waals surface area contributed by atoms with Gasteiger partial charge in [0, 0.05) is 10.7 Å². The molecule has 112 valence electrons. The molecule has 0 spiro atoms. The highest BCUT2D eigenvalue weighted by Gasteiger charge is 2.22. The lowest BCUT2D eigenvalue weighted by atomic mass is 10.1. The summed E-state index contributed by atoms with van der Waals surface area (Å²) >= 11 is 1.61. The standard InChI is InChI=1S/C16H19NO3S/c1-3-11(2)17(9-16(19)20)15(18)8-12-10-21-14-7-5-4-6-13(12)14/h4-7,10-11H,3,8-9H2,1-2H3,(H,19,20). The minimum Gasteiger partial charge on any atom is -0.480 e. The lowest BCUT2D eigenvalue weighted by Gasteiger charge is -2.27. The van der Waals surface area contributed by atoms with Crippen molar-refractivity contribution in [2.45, 2.75) is 32.7 Å². The third-order valence-corrected chi connectivity index (χ3v) is 4.66. The number of hydrogen-bond acceptors (Lipinski definition) is 3. The zero-order valence-electron chi connectivity index (χ0n) is 12.2. The second-order valence-corrected chi connectivity index (χ2v) is 6.02. The highest BCUT2D eigenvalue weighted by atomic mass is 32.1. The minimum atomic E-state index is -0.973. The summed E-state index contributed by atoms with van der Waals surface area (Å²) in [6.07, 6.45) is 0.991. The van der Waals surface area contributed by atoms with Gasteiger partial charge in [-0.1, -0.05) is 25.1 Å². The van der Waals surface area contributed by atoms with Crippen LogP contribution in [0.4, 0.5) is 0 Å². The Morgan fingerprint density at radius 3 is 2.71 bits per heavy atom. The molecule has 1 amide bonds. The van der Waals surface area contributed by atoms with Crippen molar-refractivity contribution in [1.82, 2.24) is 4.90 Å². The monoisotopic (exact) mass is 305 g/mol. The number of hydrogen-bond donors (Lipinski definition) is 1. The van der Waals surface area contributed by atoms with Gasteiger partial charge in [0.25, 0.3) is 0 Å². The summed E-state index contributed by atoms with van der Waals surface area (Å²) < 4.78 is 1.15. The van der Waals surface area contributed by atoms with Crippen molar-refractivity contribution in [3.05, 3.63) is 35.2 Å². The molecule has 0 aliphatic carbocycles. The average molecular weight is 305 g/mol. The van der Waals surface area contributed by atoms with Gasteiger partial charge in [0.1, 0.15) is 6.54 Å². The van der Waals surface area contributed by atoms with Crippen LogP contribution in [0.1, 0.15) is 25.8 Å². The summed E-state index contributed by atoms with van der Waals surface area (Å²) in [4.78, 5) is 24.9. The van der Waals surface area contributed by atoms with Crippen molar-refractivity contribution in [2.24, 2.45) is 0 Å². The van der Waals surface area contributed by atoms with Crippen LogP contribution in [0, 0.1) is 0 Å². The molecule has 1 aromatic heterocycles. The number of carboxylic acid groups (broad SMARTS) is 1. The van der Waals surface area contributed by atoms with Gasteiger partial charge >= 0.3 is 5.97 Å². The smallest absolute Gasteiger partial charge is 0.323 e. The molecule has 1 atom stereocenters. The van der Waals surface area contributed by atoms with Gasteiger partial charge in [0.2, 0.25) is 5.91 Å². The van der Waals surface area contributed by atoms with Crippen LogP contribution in [-0.4, -0.2) is 34.5 Å². The number of carbonyl (C=O) groups is 2. The topological polar surface area (TPSA) is 57.6 Å². The molecule has 1 aromatic carbocycles. The Hall–Kier alpha value is -1.88. The molecule has 5 heteroatoms. The molecule has 0 saturated carbocycles. The number of benzene rings is 1. The predicted octanol–water partition coefficient (Wildman–Crippen LogP) is 3.16. The van der Waals surface area contributed by atoms with E-state index in [9.17, 15) is 9.59 Å². The van der Waals surface area contributed by atoms with E-state index < -0.39 is 5.97 Å². The van der Waals surface area contributed by atoms with Gasteiger partial charge in [-0.15, -0.1) is 11.3 Å². The third-order valence-electron chi connectivity index (χ3n) is 3.65. The molecule has 0 saturated heterocycles. The number of carboxylic acids is 1. The number of thiophene rings is 1. The van der Waals surface area contributed by atoms with E-state index in [1.54, 1.807) is 11.3 Å². The van der Waals surface area contributed by atoms with E-state index in [-0.39, 0.29) is 24.9 Å². The summed E-state index contributed by atoms with van der Waals surface area (Å²) in [6.45, 7) is 3.59. The quantitative estimate of drug-likeness (QED) is 0.892. The molecule has 1 heterocycles. The van der Waals surface area contributed by atoms with Gasteiger partial charge in [-0.05, 0) is 35.7 Å². The molecule has 0 aliphatic heterocycles. The van der Waals surface area contributed by atoms with Crippen LogP contribution in [0.3, 0.4) is 0 Å². The number of nitrogens with zero attached hydrogens (tertiary/aromatic N) is 1. The Bertz CT molecular complexity index is 650. The Balaban J connectivity index is 2.19. The molecule has 21 heavy (non-hydrogen) atoms. The highest BCUT2D eigenvalue weighted by Crippen LogP contribution is 2.26. The lowest BCUT2D eigenvalue weighted by Crippen LogP contribution is -2.42. The van der Waals surface area contributed by atoms with E-state index in [1.807, 2.05) is 43.5 Å². The first-order chi connectivity index (χ1) is 10.0. The van der Waals surface area contributed by atoms with Crippen molar-refractivity contribution in [1.29, 1.82) is 0 Å². The van der Waals surface area contributed by atoms with E-state index in [0.717, 1.165) is 22.1 Å². The number of amides is 1. The minimum absolute atomic E-state index is 0.0708. The van der Waals surface area contributed by atoms with Crippen LogP contribution < -0.4 is 0 Å². The fourth-order valence-electron chi connectivity index (χ4n) is 2.29. The maximum Gasteiger partial charge on any atom is 0.323 e. The molecule has 2 aromatic rings. The van der Waals surface area contributed by atoms with Crippen molar-refractivity contribution >= 4 is 33.3 Å². The van der Waals surface area contributed by atoms with E-state index in [0.29, 0.717) is 0 Å². The van der Waals surface area contributed by atoms with Gasteiger partial charge in [0.05, 0.1) is 6.42 Å². The van der Waals surface area contributed by atoms with Crippen LogP contribution in [0.5, 0.6) is 0 Å². The lowest BCUT2D eigenvalue weighted by molar-refractivity contribution is -0.145. The molecule has 0 radical (unpaired) electrons. The molecular weight excluding hydrogens is 286 g/mol. The van der Waals surface area contributed by atoms with E-state index in [1.165, 1.54) is 4.90 Å². The fraction of sp³-hybridized carbons (Fsp3) is 0.375. The van der Waals surface area contributed by atoms with Crippen LogP contribution in [-0.2, 0) is 16.0 Å². The fourth-order valence-corrected chi connectivity index (χ4v) is 3.25. The van der Waals surface area contributed by atoms with Gasteiger partial charge in [-0.2, -0.15) is 0 Å². The van der Waals surface area contributed by atoms with Crippen molar-refractivity contribution < 1.29 is 14.7 Å². The molecule has 2 rings (SSSR count). The van der Waals surface area contributed by atoms with Crippen molar-refractivity contribution in [2.75, 3.05) is 6.54 Å². The largest absolute Gasteiger partial charge is 0.480 e. The maximum absolute atomic E-state index is 12.5. The Labute approximate surface area is 128 Å². The molecule has 0 bridgehead atoms. The summed E-state index contributed by atoms with van der Waals surface area (Å²) in [5.74, 6) is -1.10. The van der Waals surface area contributed by atoms with Gasteiger partial charge in [-0.3, -0.25) is 9.59 Å². The summed E-state index contributed by atoms with van der Waals surface area (Å²) in [7, 11) is 0. The summed E-state index contributed by atoms with van der Waals surface area (Å²) in [5, 5.41) is 12.0. The number of rotatable bonds is 6. The summed E-state index contributed by atoms with van der Waals surface area (Å²) in [5.41, 5.74) is 0.972. The molecule has 0 aliphatic rings. The third kappa shape index (κ3) is 3.61. The van der Waals surface area contributed by atoms with E-state index in [2.05, 4.69) is 0 Å². The van der Waals surface area contributed by atoms with Gasteiger partial charge in [0.15, 0.2) is 0 Å². The first-order valence-corrected chi connectivity index (χ1v) is 7.87. The van der Waals surface area contributed by atoms with Crippen LogP contribution in [0.15, 0.2) is 29.6 Å². The van der Waals surface area contributed by atoms with Crippen LogP contribution in [0.2, 0.25) is 0 Å². The first-order valence-electron chi connectivity index (χ1n) is 6.99. The Kier molecular flexibility index (Phi) is 4.96. The van der Waals surface area contributed by atoms with E-state index >= 15 is 0 Å². The molecule has 0 fully saturated rings. The van der Waals surface area contributed by atoms with Gasteiger partial charge < -0.3 is 10.0 Å². The summed E-state index contributed by atoms with van der Waals surface area (Å²) in [6, 6.07) is 7.88. The van der Waals surface area contributed by atoms with Crippen molar-refractivity contribution in [3.63, 3.8) is 0 Å². The highest BCUT2D eigenvalue weighted by molar-refractivity contribution is 7.17. The predicted molar refractivity (Wildman–Crippen MR) is 84.6 cm³/mol. The molecule has 1 N–H and O–H groups in total. The van der Waals surface area contributed by atoms with Crippen LogP contribution >= 0.6 is 11.3 Å². The normalized spacial score (nSPS) is 12.3. The average Bonchev–Trinajstić information content (AvgIpc) is 2.87. The number of carbonyl (C=O) groups excluding carboxylic acids is 1. The Morgan fingerprint density at radius 2 is 2.05 bits per heavy atom. The number of fused-ring (bicyclic) bond motifs is 1. The zero-order chi connectivity index (χ0) is 15.4. The second-order valence-electron chi connectivity index (χ2n) is 5.11. The number of aliphatic carboxylic acids is 1. The van der Waals surface area contributed by atoms with Crippen molar-refractivity contribution in [3.8, 4) is 0 Å².